The third-order valence-corrected chi connectivity index (χ3v) is 6.17. The molecule has 0 amide bonds. The normalized spacial score (nSPS) is 42.2. The summed E-state index contributed by atoms with van der Waals surface area (Å²) in [4.78, 5) is 14.2. The molecule has 5 rings (SSSR count). The molecule has 1 aromatic heterocycles. The van der Waals surface area contributed by atoms with Crippen LogP contribution >= 0.6 is 0 Å². The Morgan fingerprint density at radius 2 is 2.10 bits per heavy atom. The maximum atomic E-state index is 10.9. The molecular weight excluding hydrogens is 270 g/mol. The summed E-state index contributed by atoms with van der Waals surface area (Å²) in [6, 6.07) is 0.168. The highest BCUT2D eigenvalue weighted by Gasteiger charge is 2.60. The van der Waals surface area contributed by atoms with Crippen molar-refractivity contribution in [2.24, 2.45) is 23.0 Å². The van der Waals surface area contributed by atoms with Crippen LogP contribution in [0.25, 0.3) is 0 Å². The van der Waals surface area contributed by atoms with E-state index in [9.17, 15) is 10.1 Å². The Labute approximate surface area is 123 Å². The molecule has 1 heterocycles. The van der Waals surface area contributed by atoms with Crippen LogP contribution in [0.4, 0.5) is 5.95 Å². The van der Waals surface area contributed by atoms with Gasteiger partial charge in [0.05, 0.1) is 5.54 Å². The smallest absolute Gasteiger partial charge is 0.390 e. The van der Waals surface area contributed by atoms with Crippen molar-refractivity contribution in [3.63, 3.8) is 0 Å². The van der Waals surface area contributed by atoms with E-state index in [0.29, 0.717) is 11.8 Å². The monoisotopic (exact) mass is 291 g/mol. The maximum absolute atomic E-state index is 10.9. The molecule has 0 radical (unpaired) electrons. The highest BCUT2D eigenvalue weighted by molar-refractivity contribution is 5.13. The van der Waals surface area contributed by atoms with Gasteiger partial charge in [-0.15, -0.1) is 0 Å². The Hall–Kier alpha value is -1.50. The second-order valence-corrected chi connectivity index (χ2v) is 7.58. The zero-order valence-corrected chi connectivity index (χ0v) is 12.2. The van der Waals surface area contributed by atoms with Crippen LogP contribution in [0.2, 0.25) is 0 Å². The van der Waals surface area contributed by atoms with E-state index in [-0.39, 0.29) is 22.9 Å². The molecule has 0 aliphatic heterocycles. The molecule has 7 nitrogen and oxygen atoms in total. The molecule has 114 valence electrons. The number of aromatic nitrogens is 3. The van der Waals surface area contributed by atoms with Crippen molar-refractivity contribution in [2.45, 2.75) is 57.0 Å². The second kappa shape index (κ2) is 4.03. The lowest BCUT2D eigenvalue weighted by Crippen LogP contribution is -2.61. The minimum Gasteiger partial charge on any atom is -0.390 e. The van der Waals surface area contributed by atoms with Crippen molar-refractivity contribution in [3.05, 3.63) is 16.4 Å². The average Bonchev–Trinajstić information content (AvgIpc) is 2.87. The van der Waals surface area contributed by atoms with Gasteiger partial charge < -0.3 is 15.8 Å². The van der Waals surface area contributed by atoms with Crippen molar-refractivity contribution in [1.29, 1.82) is 0 Å². The van der Waals surface area contributed by atoms with E-state index < -0.39 is 4.92 Å². The lowest BCUT2D eigenvalue weighted by Gasteiger charge is -2.62. The van der Waals surface area contributed by atoms with Gasteiger partial charge in [0.1, 0.15) is 0 Å². The molecule has 0 spiro atoms. The van der Waals surface area contributed by atoms with E-state index >= 15 is 0 Å². The first-order valence-electron chi connectivity index (χ1n) is 7.75. The van der Waals surface area contributed by atoms with E-state index in [0.717, 1.165) is 19.3 Å². The average molecular weight is 291 g/mol. The Balaban J connectivity index is 1.75. The molecule has 4 bridgehead atoms. The molecule has 0 saturated heterocycles. The summed E-state index contributed by atoms with van der Waals surface area (Å²) in [6.45, 7) is 2.12. The lowest BCUT2D eigenvalue weighted by atomic mass is 9.45. The fourth-order valence-electron chi connectivity index (χ4n) is 5.65. The molecule has 3 unspecified atom stereocenters. The zero-order valence-electron chi connectivity index (χ0n) is 12.2. The summed E-state index contributed by atoms with van der Waals surface area (Å²) in [7, 11) is 0. The number of hydrogen-bond acceptors (Lipinski definition) is 5. The minimum atomic E-state index is -0.516. The third kappa shape index (κ3) is 1.76. The van der Waals surface area contributed by atoms with E-state index in [2.05, 4.69) is 17.0 Å². The van der Waals surface area contributed by atoms with Crippen molar-refractivity contribution >= 4 is 5.95 Å². The quantitative estimate of drug-likeness (QED) is 0.676. The van der Waals surface area contributed by atoms with Gasteiger partial charge in [0.2, 0.25) is 6.33 Å². The maximum Gasteiger partial charge on any atom is 0.490 e. The fraction of sp³-hybridized carbons (Fsp3) is 0.857. The van der Waals surface area contributed by atoms with Gasteiger partial charge in [-0.2, -0.15) is 4.68 Å². The predicted octanol–water partition coefficient (Wildman–Crippen LogP) is 1.83. The Morgan fingerprint density at radius 3 is 2.62 bits per heavy atom. The van der Waals surface area contributed by atoms with Crippen LogP contribution in [-0.2, 0) is 5.54 Å². The second-order valence-electron chi connectivity index (χ2n) is 7.58. The zero-order chi connectivity index (χ0) is 14.8. The summed E-state index contributed by atoms with van der Waals surface area (Å²) in [5.74, 6) is 1.07. The molecule has 4 saturated carbocycles. The van der Waals surface area contributed by atoms with Gasteiger partial charge in [0.15, 0.2) is 0 Å². The van der Waals surface area contributed by atoms with Gasteiger partial charge in [-0.25, -0.2) is 0 Å². The van der Waals surface area contributed by atoms with Gasteiger partial charge >= 0.3 is 5.95 Å². The summed E-state index contributed by atoms with van der Waals surface area (Å²) < 4.78 is 1.79. The molecule has 21 heavy (non-hydrogen) atoms. The summed E-state index contributed by atoms with van der Waals surface area (Å²) in [5, 5.41) is 15.0. The third-order valence-electron chi connectivity index (χ3n) is 6.17. The fourth-order valence-corrected chi connectivity index (χ4v) is 5.65. The highest BCUT2D eigenvalue weighted by Crippen LogP contribution is 2.64. The van der Waals surface area contributed by atoms with Crippen LogP contribution < -0.4 is 5.73 Å². The van der Waals surface area contributed by atoms with Crippen molar-refractivity contribution in [1.82, 2.24) is 14.8 Å². The van der Waals surface area contributed by atoms with Crippen LogP contribution in [0.1, 0.15) is 45.4 Å². The number of hydrogen-bond donors (Lipinski definition) is 1. The first-order valence-corrected chi connectivity index (χ1v) is 7.75. The number of nitro groups is 1. The van der Waals surface area contributed by atoms with Gasteiger partial charge in [-0.1, -0.05) is 4.98 Å². The number of nitrogens with two attached hydrogens (primary N) is 1. The predicted molar refractivity (Wildman–Crippen MR) is 75.4 cm³/mol. The molecule has 4 fully saturated rings. The van der Waals surface area contributed by atoms with Crippen LogP contribution in [0, 0.1) is 27.4 Å². The lowest BCUT2D eigenvalue weighted by molar-refractivity contribution is -0.394. The highest BCUT2D eigenvalue weighted by atomic mass is 16.6. The summed E-state index contributed by atoms with van der Waals surface area (Å²) >= 11 is 0. The van der Waals surface area contributed by atoms with Gasteiger partial charge in [-0.3, -0.25) is 0 Å². The molecule has 7 heteroatoms. The Morgan fingerprint density at radius 1 is 1.43 bits per heavy atom. The van der Waals surface area contributed by atoms with Crippen molar-refractivity contribution in [2.75, 3.05) is 0 Å². The van der Waals surface area contributed by atoms with E-state index in [1.807, 2.05) is 0 Å². The first-order chi connectivity index (χ1) is 9.92. The van der Waals surface area contributed by atoms with Gasteiger partial charge in [-0.05, 0) is 67.6 Å². The summed E-state index contributed by atoms with van der Waals surface area (Å²) in [5.41, 5.74) is 6.42. The van der Waals surface area contributed by atoms with Gasteiger partial charge in [0.25, 0.3) is 0 Å². The van der Waals surface area contributed by atoms with Gasteiger partial charge in [0, 0.05) is 11.1 Å². The van der Waals surface area contributed by atoms with E-state index in [1.54, 1.807) is 11.0 Å². The van der Waals surface area contributed by atoms with Crippen LogP contribution in [0.5, 0.6) is 0 Å². The minimum absolute atomic E-state index is 0.0982. The van der Waals surface area contributed by atoms with Crippen LogP contribution in [0.15, 0.2) is 6.33 Å². The molecule has 4 aliphatic rings. The van der Waals surface area contributed by atoms with Crippen molar-refractivity contribution in [3.8, 4) is 0 Å². The molecule has 3 atom stereocenters. The molecule has 4 aliphatic carbocycles. The topological polar surface area (TPSA) is 99.9 Å². The molecular formula is C14H21N5O2. The van der Waals surface area contributed by atoms with Crippen LogP contribution in [0.3, 0.4) is 0 Å². The Kier molecular flexibility index (Phi) is 2.53. The SMILES string of the molecule is CC(N)C12CC3CC(C1)CC(n1cnc([N+](=O)[O-])n1)(C3)C2. The van der Waals surface area contributed by atoms with Crippen LogP contribution in [-0.4, -0.2) is 25.7 Å². The molecule has 2 N–H and O–H groups in total. The molecule has 0 aromatic carbocycles. The van der Waals surface area contributed by atoms with E-state index in [4.69, 9.17) is 5.73 Å². The first kappa shape index (κ1) is 13.2. The molecule has 1 aromatic rings. The summed E-state index contributed by atoms with van der Waals surface area (Å²) in [6.07, 6.45) is 8.38. The largest absolute Gasteiger partial charge is 0.490 e. The number of rotatable bonds is 3. The van der Waals surface area contributed by atoms with Crippen molar-refractivity contribution < 1.29 is 4.92 Å². The number of nitrogens with zero attached hydrogens (tertiary/aromatic N) is 4. The van der Waals surface area contributed by atoms with E-state index in [1.165, 1.54) is 19.3 Å². The standard InChI is InChI=1S/C14H21N5O2/c1-9(15)13-3-10-2-11(4-13)6-14(5-10,7-13)18-8-16-12(17-18)19(20)21/h8-11H,2-7,15H2,1H3. The Bertz CT molecular complexity index is 582.